The molecule has 2 aromatic heterocycles. The fraction of sp³-hybridized carbons (Fsp3) is 0.457. The first-order valence-electron chi connectivity index (χ1n) is 23.2. The molecule has 26 heteroatoms. The van der Waals surface area contributed by atoms with Gasteiger partial charge in [0.05, 0.1) is 58.5 Å². The molecule has 0 spiro atoms. The second kappa shape index (κ2) is 32.9. The lowest BCUT2D eigenvalue weighted by molar-refractivity contribution is 0.0368. The number of aliphatic imine (C=N–C) groups is 2. The summed E-state index contributed by atoms with van der Waals surface area (Å²) in [5.74, 6) is -0.226. The van der Waals surface area contributed by atoms with E-state index < -0.39 is 11.8 Å². The molecule has 0 bridgehead atoms. The number of aromatic nitrogens is 4. The van der Waals surface area contributed by atoms with Crippen molar-refractivity contribution in [1.29, 1.82) is 0 Å². The predicted octanol–water partition coefficient (Wildman–Crippen LogP) is 2.59. The molecule has 4 amide bonds. The van der Waals surface area contributed by atoms with Gasteiger partial charge in [0.25, 0.3) is 11.8 Å². The van der Waals surface area contributed by atoms with Crippen molar-refractivity contribution in [3.63, 3.8) is 0 Å². The smallest absolute Gasteiger partial charge is 0.314 e. The van der Waals surface area contributed by atoms with Gasteiger partial charge in [0.2, 0.25) is 0 Å². The SMILES string of the molecule is Cc1nc(N)c(C(=O)NC(N)=NCCCCc2ccc(OCCOCCOCCNC(=O)NCCOCCOCCOc3ccc(CCCCN=C(N)NC(=O)c4nc(Cl)c(N)nc4N)cc3)cc2)nc1Cl. The van der Waals surface area contributed by atoms with Gasteiger partial charge in [0.15, 0.2) is 51.1 Å². The summed E-state index contributed by atoms with van der Waals surface area (Å²) >= 11 is 11.8. The summed E-state index contributed by atoms with van der Waals surface area (Å²) in [5.41, 5.74) is 31.1. The number of carbonyl (C=O) groups is 3. The third kappa shape index (κ3) is 22.9. The van der Waals surface area contributed by atoms with Crippen molar-refractivity contribution in [2.75, 3.05) is 109 Å². The van der Waals surface area contributed by atoms with E-state index in [9.17, 15) is 14.4 Å². The standard InChI is InChI=1S/C46H65Cl2N15O9/c1-30-37(47)59-35(39(49)58-30)42(64)62-44(52)54-16-4-2-6-31-8-12-33(13-9-31)71-28-26-69-24-22-67-20-18-56-46(66)57-19-21-68-23-25-70-27-29-72-34-14-10-32(11-15-34)7-3-5-17-55-45(53)63-43(65)36-40(50)61-41(51)38(48)60-36/h8-15H,2-7,16-29H2,1H3,(H2,49,58)(H4,50,51,61)(H2,56,57,66)(H3,52,54,62,64)(H3,53,55,63,65). The first-order chi connectivity index (χ1) is 34.8. The quantitative estimate of drug-likeness (QED) is 0.0193. The number of amides is 4. The Morgan fingerprint density at radius 2 is 0.931 bits per heavy atom. The van der Waals surface area contributed by atoms with E-state index in [0.29, 0.717) is 97.9 Å². The summed E-state index contributed by atoms with van der Waals surface area (Å²) in [4.78, 5) is 60.7. The van der Waals surface area contributed by atoms with Crippen LogP contribution in [0.3, 0.4) is 0 Å². The highest BCUT2D eigenvalue weighted by Gasteiger charge is 2.18. The van der Waals surface area contributed by atoms with Crippen LogP contribution in [0.15, 0.2) is 58.5 Å². The van der Waals surface area contributed by atoms with Crippen LogP contribution in [0.5, 0.6) is 11.5 Å². The normalized spacial score (nSPS) is 11.5. The topological polar surface area (TPSA) is 361 Å². The minimum absolute atomic E-state index is 0.0378. The fourth-order valence-corrected chi connectivity index (χ4v) is 6.38. The van der Waals surface area contributed by atoms with E-state index >= 15 is 0 Å². The summed E-state index contributed by atoms with van der Waals surface area (Å²) in [6.45, 7) is 7.01. The van der Waals surface area contributed by atoms with Crippen LogP contribution in [0.1, 0.15) is 63.5 Å². The number of urea groups is 1. The number of anilines is 3. The molecule has 0 fully saturated rings. The third-order valence-corrected chi connectivity index (χ3v) is 10.5. The lowest BCUT2D eigenvalue weighted by Gasteiger charge is -2.10. The molecule has 0 aliphatic heterocycles. The van der Waals surface area contributed by atoms with Gasteiger partial charge in [0, 0.05) is 26.2 Å². The molecule has 0 radical (unpaired) electrons. The molecular weight excluding hydrogens is 978 g/mol. The van der Waals surface area contributed by atoms with Crippen LogP contribution in [-0.4, -0.2) is 142 Å². The molecule has 0 saturated carbocycles. The number of ether oxygens (including phenoxy) is 6. The molecule has 72 heavy (non-hydrogen) atoms. The summed E-state index contributed by atoms with van der Waals surface area (Å²) in [6.07, 6.45) is 4.93. The average Bonchev–Trinajstić information content (AvgIpc) is 3.35. The largest absolute Gasteiger partial charge is 0.491 e. The van der Waals surface area contributed by atoms with Gasteiger partial charge in [-0.15, -0.1) is 0 Å². The number of rotatable bonds is 32. The van der Waals surface area contributed by atoms with Gasteiger partial charge < -0.3 is 67.7 Å². The minimum atomic E-state index is -0.685. The maximum absolute atomic E-state index is 12.4. The fourth-order valence-electron chi connectivity index (χ4n) is 6.12. The van der Waals surface area contributed by atoms with Crippen molar-refractivity contribution in [2.24, 2.45) is 21.5 Å². The zero-order chi connectivity index (χ0) is 51.9. The maximum atomic E-state index is 12.4. The first-order valence-corrected chi connectivity index (χ1v) is 23.9. The van der Waals surface area contributed by atoms with E-state index in [4.69, 9.17) is 80.3 Å². The Morgan fingerprint density at radius 3 is 1.39 bits per heavy atom. The van der Waals surface area contributed by atoms with Gasteiger partial charge in [-0.2, -0.15) is 0 Å². The summed E-state index contributed by atoms with van der Waals surface area (Å²) in [5, 5.41) is 10.3. The number of nitrogens with two attached hydrogens (primary N) is 5. The second-order valence-electron chi connectivity index (χ2n) is 15.4. The monoisotopic (exact) mass is 1040 g/mol. The van der Waals surface area contributed by atoms with Crippen molar-refractivity contribution in [3.05, 3.63) is 87.0 Å². The Kier molecular flexibility index (Phi) is 26.4. The predicted molar refractivity (Wildman–Crippen MR) is 274 cm³/mol. The minimum Gasteiger partial charge on any atom is -0.491 e. The Morgan fingerprint density at radius 1 is 0.528 bits per heavy atom. The summed E-state index contributed by atoms with van der Waals surface area (Å²) < 4.78 is 33.7. The lowest BCUT2D eigenvalue weighted by Crippen LogP contribution is -2.39. The summed E-state index contributed by atoms with van der Waals surface area (Å²) in [6, 6.07) is 15.4. The molecule has 0 atom stereocenters. The molecule has 0 saturated heterocycles. The van der Waals surface area contributed by atoms with Gasteiger partial charge in [0.1, 0.15) is 24.7 Å². The lowest BCUT2D eigenvalue weighted by atomic mass is 10.1. The molecule has 0 aliphatic carbocycles. The van der Waals surface area contributed by atoms with Crippen molar-refractivity contribution < 1.29 is 42.8 Å². The molecule has 2 aromatic carbocycles. The van der Waals surface area contributed by atoms with Crippen LogP contribution in [0, 0.1) is 6.92 Å². The van der Waals surface area contributed by atoms with E-state index in [1.54, 1.807) is 6.92 Å². The average molecular weight is 1040 g/mol. The van der Waals surface area contributed by atoms with Crippen molar-refractivity contribution in [1.82, 2.24) is 41.2 Å². The van der Waals surface area contributed by atoms with Crippen LogP contribution < -0.4 is 59.4 Å². The van der Waals surface area contributed by atoms with Crippen LogP contribution in [-0.2, 0) is 31.8 Å². The number of benzene rings is 2. The molecular formula is C46H65Cl2N15O9. The zero-order valence-electron chi connectivity index (χ0n) is 40.3. The maximum Gasteiger partial charge on any atom is 0.314 e. The van der Waals surface area contributed by atoms with Gasteiger partial charge in [-0.3, -0.25) is 30.2 Å². The van der Waals surface area contributed by atoms with Crippen LogP contribution in [0.25, 0.3) is 0 Å². The molecule has 14 N–H and O–H groups in total. The zero-order valence-corrected chi connectivity index (χ0v) is 41.8. The van der Waals surface area contributed by atoms with Crippen molar-refractivity contribution in [2.45, 2.75) is 45.4 Å². The number of nitrogens with one attached hydrogen (secondary N) is 4. The molecule has 392 valence electrons. The molecule has 24 nitrogen and oxygen atoms in total. The number of hydrogen-bond donors (Lipinski definition) is 9. The van der Waals surface area contributed by atoms with Crippen molar-refractivity contribution >= 4 is 70.4 Å². The van der Waals surface area contributed by atoms with Crippen LogP contribution in [0.2, 0.25) is 10.3 Å². The molecule has 0 aliphatic rings. The van der Waals surface area contributed by atoms with E-state index in [-0.39, 0.29) is 57.1 Å². The molecule has 2 heterocycles. The van der Waals surface area contributed by atoms with Crippen LogP contribution >= 0.6 is 23.2 Å². The number of carbonyl (C=O) groups excluding carboxylic acids is 3. The number of halogens is 2. The number of unbranched alkanes of at least 4 members (excludes halogenated alkanes) is 2. The molecule has 4 rings (SSSR count). The van der Waals surface area contributed by atoms with Crippen LogP contribution in [0.4, 0.5) is 22.2 Å². The van der Waals surface area contributed by atoms with Gasteiger partial charge in [-0.05, 0) is 80.8 Å². The summed E-state index contributed by atoms with van der Waals surface area (Å²) in [7, 11) is 0. The number of nitrogens with zero attached hydrogens (tertiary/aromatic N) is 6. The van der Waals surface area contributed by atoms with Gasteiger partial charge >= 0.3 is 6.03 Å². The second-order valence-corrected chi connectivity index (χ2v) is 16.2. The van der Waals surface area contributed by atoms with E-state index in [2.05, 4.69) is 51.2 Å². The highest BCUT2D eigenvalue weighted by molar-refractivity contribution is 6.32. The Labute approximate surface area is 427 Å². The third-order valence-electron chi connectivity index (χ3n) is 9.82. The van der Waals surface area contributed by atoms with E-state index in [1.807, 2.05) is 48.5 Å². The Hall–Kier alpha value is -6.83. The first kappa shape index (κ1) is 57.7. The van der Waals surface area contributed by atoms with Crippen molar-refractivity contribution in [3.8, 4) is 11.5 Å². The molecule has 0 unspecified atom stereocenters. The highest BCUT2D eigenvalue weighted by Crippen LogP contribution is 2.18. The number of hydrogen-bond acceptors (Lipinski definition) is 18. The van der Waals surface area contributed by atoms with Gasteiger partial charge in [-0.1, -0.05) is 47.5 Å². The highest BCUT2D eigenvalue weighted by atomic mass is 35.5. The number of guanidine groups is 2. The van der Waals surface area contributed by atoms with E-state index in [0.717, 1.165) is 61.2 Å². The van der Waals surface area contributed by atoms with E-state index in [1.165, 1.54) is 0 Å². The molecule has 4 aromatic rings. The Balaban J connectivity index is 0.874. The van der Waals surface area contributed by atoms with Gasteiger partial charge in [-0.25, -0.2) is 24.7 Å². The number of nitrogen functional groups attached to an aromatic ring is 3. The Bertz CT molecular complexity index is 2210. The number of aryl methyl sites for hydroxylation is 3.